The van der Waals surface area contributed by atoms with E-state index in [1.807, 2.05) is 6.92 Å². The zero-order valence-corrected chi connectivity index (χ0v) is 9.42. The SMILES string of the molecule is CC(CC#N)C1CCN(S(C)(=O)=O)C1. The first-order valence-corrected chi connectivity index (χ1v) is 6.62. The summed E-state index contributed by atoms with van der Waals surface area (Å²) in [7, 11) is -3.03. The van der Waals surface area contributed by atoms with E-state index in [1.165, 1.54) is 10.6 Å². The second-order valence-electron chi connectivity index (χ2n) is 4.01. The molecule has 0 aromatic heterocycles. The Morgan fingerprint density at radius 3 is 2.71 bits per heavy atom. The lowest BCUT2D eigenvalue weighted by Crippen LogP contribution is -2.28. The van der Waals surface area contributed by atoms with Crippen molar-refractivity contribution in [2.45, 2.75) is 19.8 Å². The highest BCUT2D eigenvalue weighted by Gasteiger charge is 2.31. The van der Waals surface area contributed by atoms with E-state index in [-0.39, 0.29) is 0 Å². The van der Waals surface area contributed by atoms with Crippen molar-refractivity contribution in [1.82, 2.24) is 4.31 Å². The molecule has 0 aliphatic carbocycles. The van der Waals surface area contributed by atoms with Crippen LogP contribution in [0, 0.1) is 23.2 Å². The molecule has 14 heavy (non-hydrogen) atoms. The first-order chi connectivity index (χ1) is 6.45. The van der Waals surface area contributed by atoms with Crippen LogP contribution in [0.25, 0.3) is 0 Å². The maximum Gasteiger partial charge on any atom is 0.211 e. The fraction of sp³-hybridized carbons (Fsp3) is 0.889. The van der Waals surface area contributed by atoms with Crippen molar-refractivity contribution in [3.63, 3.8) is 0 Å². The molecule has 1 aliphatic heterocycles. The Balaban J connectivity index is 2.54. The van der Waals surface area contributed by atoms with Crippen LogP contribution in [0.15, 0.2) is 0 Å². The van der Waals surface area contributed by atoms with Crippen molar-refractivity contribution >= 4 is 10.0 Å². The molecule has 4 nitrogen and oxygen atoms in total. The van der Waals surface area contributed by atoms with E-state index >= 15 is 0 Å². The molecule has 1 saturated heterocycles. The molecule has 0 bridgehead atoms. The highest BCUT2D eigenvalue weighted by Crippen LogP contribution is 2.27. The van der Waals surface area contributed by atoms with Crippen LogP contribution in [-0.4, -0.2) is 32.1 Å². The molecule has 0 radical (unpaired) electrons. The number of hydrogen-bond donors (Lipinski definition) is 0. The molecule has 0 saturated carbocycles. The highest BCUT2D eigenvalue weighted by molar-refractivity contribution is 7.88. The minimum absolute atomic E-state index is 0.298. The van der Waals surface area contributed by atoms with Crippen molar-refractivity contribution in [2.24, 2.45) is 11.8 Å². The Kier molecular flexibility index (Phi) is 3.51. The molecule has 80 valence electrons. The van der Waals surface area contributed by atoms with Gasteiger partial charge in [0.05, 0.1) is 12.3 Å². The molecule has 0 amide bonds. The maximum absolute atomic E-state index is 11.2. The Hall–Kier alpha value is -0.600. The molecule has 0 N–H and O–H groups in total. The first kappa shape index (κ1) is 11.5. The fourth-order valence-corrected chi connectivity index (χ4v) is 2.73. The van der Waals surface area contributed by atoms with E-state index in [0.717, 1.165) is 6.42 Å². The van der Waals surface area contributed by atoms with E-state index < -0.39 is 10.0 Å². The fourth-order valence-electron chi connectivity index (χ4n) is 1.83. The van der Waals surface area contributed by atoms with Gasteiger partial charge in [0.1, 0.15) is 0 Å². The number of nitriles is 1. The molecule has 0 aromatic rings. The third kappa shape index (κ3) is 2.69. The summed E-state index contributed by atoms with van der Waals surface area (Å²) in [6.07, 6.45) is 2.64. The van der Waals surface area contributed by atoms with Gasteiger partial charge in [-0.05, 0) is 18.3 Å². The summed E-state index contributed by atoms with van der Waals surface area (Å²) >= 11 is 0. The lowest BCUT2D eigenvalue weighted by molar-refractivity contribution is 0.370. The van der Waals surface area contributed by atoms with Crippen molar-refractivity contribution in [1.29, 1.82) is 5.26 Å². The number of hydrogen-bond acceptors (Lipinski definition) is 3. The van der Waals surface area contributed by atoms with Gasteiger partial charge in [0, 0.05) is 19.5 Å². The van der Waals surface area contributed by atoms with Crippen LogP contribution in [-0.2, 0) is 10.0 Å². The second kappa shape index (κ2) is 4.28. The quantitative estimate of drug-likeness (QED) is 0.701. The molecular weight excluding hydrogens is 200 g/mol. The van der Waals surface area contributed by atoms with Gasteiger partial charge >= 0.3 is 0 Å². The highest BCUT2D eigenvalue weighted by atomic mass is 32.2. The van der Waals surface area contributed by atoms with Gasteiger partial charge in [0.2, 0.25) is 10.0 Å². The topological polar surface area (TPSA) is 61.2 Å². The number of sulfonamides is 1. The molecule has 2 unspecified atom stereocenters. The standard InChI is InChI=1S/C9H16N2O2S/c1-8(3-5-10)9-4-6-11(7-9)14(2,12)13/h8-9H,3-4,6-7H2,1-2H3. The van der Waals surface area contributed by atoms with Gasteiger partial charge in [0.15, 0.2) is 0 Å². The van der Waals surface area contributed by atoms with Crippen LogP contribution >= 0.6 is 0 Å². The van der Waals surface area contributed by atoms with Gasteiger partial charge in [-0.15, -0.1) is 0 Å². The molecule has 0 spiro atoms. The molecule has 1 heterocycles. The van der Waals surface area contributed by atoms with E-state index in [9.17, 15) is 8.42 Å². The summed E-state index contributed by atoms with van der Waals surface area (Å²) in [5.74, 6) is 0.649. The average Bonchev–Trinajstić information content (AvgIpc) is 2.51. The predicted octanol–water partition coefficient (Wildman–Crippen LogP) is 0.818. The van der Waals surface area contributed by atoms with Crippen LogP contribution in [0.4, 0.5) is 0 Å². The zero-order chi connectivity index (χ0) is 10.8. The van der Waals surface area contributed by atoms with E-state index in [0.29, 0.717) is 31.3 Å². The first-order valence-electron chi connectivity index (χ1n) is 4.77. The summed E-state index contributed by atoms with van der Waals surface area (Å²) in [6.45, 7) is 3.21. The summed E-state index contributed by atoms with van der Waals surface area (Å²) in [6, 6.07) is 2.13. The molecule has 1 aliphatic rings. The Labute approximate surface area is 85.6 Å². The Bertz CT molecular complexity index is 331. The maximum atomic E-state index is 11.2. The monoisotopic (exact) mass is 216 g/mol. The van der Waals surface area contributed by atoms with Gasteiger partial charge in [-0.25, -0.2) is 12.7 Å². The van der Waals surface area contributed by atoms with Gasteiger partial charge in [-0.1, -0.05) is 6.92 Å². The van der Waals surface area contributed by atoms with Crippen LogP contribution in [0.5, 0.6) is 0 Å². The van der Waals surface area contributed by atoms with Gasteiger partial charge in [-0.2, -0.15) is 5.26 Å². The van der Waals surface area contributed by atoms with Crippen LogP contribution in [0.3, 0.4) is 0 Å². The van der Waals surface area contributed by atoms with Gasteiger partial charge in [0.25, 0.3) is 0 Å². The van der Waals surface area contributed by atoms with E-state index in [2.05, 4.69) is 6.07 Å². The van der Waals surface area contributed by atoms with Gasteiger partial charge < -0.3 is 0 Å². The van der Waals surface area contributed by atoms with Crippen LogP contribution in [0.2, 0.25) is 0 Å². The molecule has 2 atom stereocenters. The van der Waals surface area contributed by atoms with E-state index in [1.54, 1.807) is 0 Å². The molecular formula is C9H16N2O2S. The summed E-state index contributed by atoms with van der Waals surface area (Å²) in [5.41, 5.74) is 0. The number of rotatable bonds is 3. The molecule has 5 heteroatoms. The lowest BCUT2D eigenvalue weighted by Gasteiger charge is -2.16. The van der Waals surface area contributed by atoms with Gasteiger partial charge in [-0.3, -0.25) is 0 Å². The zero-order valence-electron chi connectivity index (χ0n) is 8.60. The third-order valence-electron chi connectivity index (χ3n) is 2.87. The van der Waals surface area contributed by atoms with Crippen molar-refractivity contribution < 1.29 is 8.42 Å². The largest absolute Gasteiger partial charge is 0.213 e. The van der Waals surface area contributed by atoms with Crippen molar-refractivity contribution in [3.05, 3.63) is 0 Å². The van der Waals surface area contributed by atoms with Crippen molar-refractivity contribution in [2.75, 3.05) is 19.3 Å². The predicted molar refractivity (Wildman–Crippen MR) is 53.9 cm³/mol. The summed E-state index contributed by atoms with van der Waals surface area (Å²) in [4.78, 5) is 0. The van der Waals surface area contributed by atoms with E-state index in [4.69, 9.17) is 5.26 Å². The van der Waals surface area contributed by atoms with Crippen molar-refractivity contribution in [3.8, 4) is 6.07 Å². The second-order valence-corrected chi connectivity index (χ2v) is 5.99. The Morgan fingerprint density at radius 2 is 2.29 bits per heavy atom. The lowest BCUT2D eigenvalue weighted by atomic mass is 9.91. The molecule has 1 rings (SSSR count). The van der Waals surface area contributed by atoms with Crippen LogP contribution < -0.4 is 0 Å². The molecule has 0 aromatic carbocycles. The smallest absolute Gasteiger partial charge is 0.211 e. The minimum Gasteiger partial charge on any atom is -0.213 e. The average molecular weight is 216 g/mol. The van der Waals surface area contributed by atoms with Crippen LogP contribution in [0.1, 0.15) is 19.8 Å². The summed E-state index contributed by atoms with van der Waals surface area (Å²) in [5, 5.41) is 8.54. The number of nitrogens with zero attached hydrogens (tertiary/aromatic N) is 2. The third-order valence-corrected chi connectivity index (χ3v) is 4.14. The minimum atomic E-state index is -3.03. The normalized spacial score (nSPS) is 25.9. The summed E-state index contributed by atoms with van der Waals surface area (Å²) < 4.78 is 23.9. The Morgan fingerprint density at radius 1 is 1.64 bits per heavy atom. The molecule has 1 fully saturated rings.